The Bertz CT molecular complexity index is 449. The fourth-order valence-corrected chi connectivity index (χ4v) is 2.50. The zero-order chi connectivity index (χ0) is 13.2. The third-order valence-electron chi connectivity index (χ3n) is 3.75. The summed E-state index contributed by atoms with van der Waals surface area (Å²) >= 11 is 0. The van der Waals surface area contributed by atoms with E-state index >= 15 is 0 Å². The Balaban J connectivity index is 2.39. The Labute approximate surface area is 107 Å². The van der Waals surface area contributed by atoms with E-state index in [4.69, 9.17) is 9.47 Å². The Kier molecular flexibility index (Phi) is 3.57. The molecule has 2 rings (SSSR count). The summed E-state index contributed by atoms with van der Waals surface area (Å²) in [5, 5.41) is 9.42. The molecule has 0 amide bonds. The lowest BCUT2D eigenvalue weighted by atomic mass is 9.64. The predicted molar refractivity (Wildman–Crippen MR) is 66.9 cm³/mol. The van der Waals surface area contributed by atoms with Crippen molar-refractivity contribution in [1.82, 2.24) is 0 Å². The van der Waals surface area contributed by atoms with Gasteiger partial charge in [0.2, 0.25) is 0 Å². The van der Waals surface area contributed by atoms with E-state index in [0.29, 0.717) is 19.4 Å². The molecule has 0 saturated heterocycles. The first-order valence-electron chi connectivity index (χ1n) is 6.04. The summed E-state index contributed by atoms with van der Waals surface area (Å²) in [6.07, 6.45) is 2.39. The van der Waals surface area contributed by atoms with Crippen molar-refractivity contribution in [2.24, 2.45) is 0 Å². The van der Waals surface area contributed by atoms with Crippen LogP contribution < -0.4 is 4.74 Å². The first kappa shape index (κ1) is 12.9. The lowest BCUT2D eigenvalue weighted by Gasteiger charge is -2.38. The summed E-state index contributed by atoms with van der Waals surface area (Å²) < 4.78 is 10.4. The van der Waals surface area contributed by atoms with Crippen LogP contribution in [0.4, 0.5) is 0 Å². The average molecular weight is 250 g/mol. The van der Waals surface area contributed by atoms with Gasteiger partial charge >= 0.3 is 5.97 Å². The smallest absolute Gasteiger partial charge is 0.314 e. The number of hydrogen-bond donors (Lipinski definition) is 1. The topological polar surface area (TPSA) is 55.8 Å². The molecule has 0 aliphatic heterocycles. The van der Waals surface area contributed by atoms with Crippen LogP contribution in [0.3, 0.4) is 0 Å². The molecule has 1 aromatic carbocycles. The van der Waals surface area contributed by atoms with Gasteiger partial charge in [0.1, 0.15) is 5.75 Å². The predicted octanol–water partition coefficient (Wildman–Crippen LogP) is 2.35. The molecule has 1 saturated carbocycles. The standard InChI is InChI=1S/C14H18O4/c1-17-9-10-8-11(4-5-12(10)18-2)14(13(15)16)6-3-7-14/h4-5,8H,3,6-7,9H2,1-2H3,(H,15,16). The number of rotatable bonds is 5. The highest BCUT2D eigenvalue weighted by atomic mass is 16.5. The fourth-order valence-electron chi connectivity index (χ4n) is 2.50. The second-order valence-corrected chi connectivity index (χ2v) is 4.70. The van der Waals surface area contributed by atoms with Crippen LogP contribution in [0.15, 0.2) is 18.2 Å². The van der Waals surface area contributed by atoms with Gasteiger partial charge in [-0.15, -0.1) is 0 Å². The average Bonchev–Trinajstić information content (AvgIpc) is 2.28. The molecule has 0 radical (unpaired) electrons. The number of aliphatic carboxylic acids is 1. The normalized spacial score (nSPS) is 17.0. The second-order valence-electron chi connectivity index (χ2n) is 4.70. The van der Waals surface area contributed by atoms with Crippen molar-refractivity contribution in [3.63, 3.8) is 0 Å². The van der Waals surface area contributed by atoms with E-state index in [9.17, 15) is 9.90 Å². The van der Waals surface area contributed by atoms with Gasteiger partial charge in [-0.05, 0) is 30.5 Å². The summed E-state index contributed by atoms with van der Waals surface area (Å²) in [4.78, 5) is 11.5. The van der Waals surface area contributed by atoms with Gasteiger partial charge in [-0.3, -0.25) is 4.79 Å². The molecule has 0 spiro atoms. The van der Waals surface area contributed by atoms with Crippen molar-refractivity contribution in [1.29, 1.82) is 0 Å². The lowest BCUT2D eigenvalue weighted by Crippen LogP contribution is -2.42. The molecule has 4 heteroatoms. The molecule has 1 aliphatic rings. The number of carbonyl (C=O) groups is 1. The molecular weight excluding hydrogens is 232 g/mol. The molecular formula is C14H18O4. The molecule has 1 aliphatic carbocycles. The number of carboxylic acids is 1. The van der Waals surface area contributed by atoms with Crippen molar-refractivity contribution in [3.05, 3.63) is 29.3 Å². The highest BCUT2D eigenvalue weighted by molar-refractivity contribution is 5.82. The zero-order valence-electron chi connectivity index (χ0n) is 10.7. The highest BCUT2D eigenvalue weighted by Gasteiger charge is 2.46. The Morgan fingerprint density at radius 2 is 2.11 bits per heavy atom. The molecule has 18 heavy (non-hydrogen) atoms. The van der Waals surface area contributed by atoms with Crippen LogP contribution in [0.5, 0.6) is 5.75 Å². The van der Waals surface area contributed by atoms with Gasteiger partial charge in [-0.2, -0.15) is 0 Å². The van der Waals surface area contributed by atoms with Crippen LogP contribution in [-0.4, -0.2) is 25.3 Å². The van der Waals surface area contributed by atoms with E-state index in [2.05, 4.69) is 0 Å². The number of benzene rings is 1. The molecule has 4 nitrogen and oxygen atoms in total. The molecule has 1 N–H and O–H groups in total. The molecule has 98 valence electrons. The Morgan fingerprint density at radius 1 is 1.39 bits per heavy atom. The van der Waals surface area contributed by atoms with Crippen LogP contribution in [0.1, 0.15) is 30.4 Å². The summed E-state index contributed by atoms with van der Waals surface area (Å²) in [7, 11) is 3.22. The summed E-state index contributed by atoms with van der Waals surface area (Å²) in [6, 6.07) is 5.58. The molecule has 0 unspecified atom stereocenters. The minimum Gasteiger partial charge on any atom is -0.496 e. The molecule has 0 aromatic heterocycles. The van der Waals surface area contributed by atoms with Gasteiger partial charge in [0.05, 0.1) is 19.1 Å². The van der Waals surface area contributed by atoms with Crippen molar-refractivity contribution < 1.29 is 19.4 Å². The SMILES string of the molecule is COCc1cc(C2(C(=O)O)CCC2)ccc1OC. The maximum absolute atomic E-state index is 11.5. The quantitative estimate of drug-likeness (QED) is 0.871. The van der Waals surface area contributed by atoms with Gasteiger partial charge in [0.25, 0.3) is 0 Å². The summed E-state index contributed by atoms with van der Waals surface area (Å²) in [5.74, 6) is 0.00254. The molecule has 0 atom stereocenters. The maximum Gasteiger partial charge on any atom is 0.314 e. The number of carboxylic acid groups (broad SMARTS) is 1. The summed E-state index contributed by atoms with van der Waals surface area (Å²) in [6.45, 7) is 0.423. The van der Waals surface area contributed by atoms with Gasteiger partial charge in [0.15, 0.2) is 0 Å². The third kappa shape index (κ3) is 1.97. The first-order valence-corrected chi connectivity index (χ1v) is 6.04. The van der Waals surface area contributed by atoms with E-state index in [-0.39, 0.29) is 0 Å². The Hall–Kier alpha value is -1.55. The van der Waals surface area contributed by atoms with Gasteiger partial charge in [-0.25, -0.2) is 0 Å². The van der Waals surface area contributed by atoms with Gasteiger partial charge < -0.3 is 14.6 Å². The van der Waals surface area contributed by atoms with E-state index in [1.54, 1.807) is 14.2 Å². The lowest BCUT2D eigenvalue weighted by molar-refractivity contribution is -0.147. The van der Waals surface area contributed by atoms with Gasteiger partial charge in [0, 0.05) is 12.7 Å². The maximum atomic E-state index is 11.5. The van der Waals surface area contributed by atoms with Crippen molar-refractivity contribution >= 4 is 5.97 Å². The van der Waals surface area contributed by atoms with Crippen molar-refractivity contribution in [2.75, 3.05) is 14.2 Å². The molecule has 1 fully saturated rings. The molecule has 0 bridgehead atoms. The highest BCUT2D eigenvalue weighted by Crippen LogP contribution is 2.44. The molecule has 0 heterocycles. The minimum atomic E-state index is -0.734. The third-order valence-corrected chi connectivity index (χ3v) is 3.75. The van der Waals surface area contributed by atoms with E-state index in [1.165, 1.54) is 0 Å². The number of ether oxygens (including phenoxy) is 2. The van der Waals surface area contributed by atoms with Gasteiger partial charge in [-0.1, -0.05) is 12.5 Å². The Morgan fingerprint density at radius 3 is 2.56 bits per heavy atom. The minimum absolute atomic E-state index is 0.423. The van der Waals surface area contributed by atoms with Crippen LogP contribution in [0, 0.1) is 0 Å². The van der Waals surface area contributed by atoms with Crippen LogP contribution in [-0.2, 0) is 21.6 Å². The van der Waals surface area contributed by atoms with E-state index < -0.39 is 11.4 Å². The van der Waals surface area contributed by atoms with Crippen LogP contribution >= 0.6 is 0 Å². The van der Waals surface area contributed by atoms with Crippen molar-refractivity contribution in [3.8, 4) is 5.75 Å². The number of hydrogen-bond acceptors (Lipinski definition) is 3. The fraction of sp³-hybridized carbons (Fsp3) is 0.500. The van der Waals surface area contributed by atoms with Crippen molar-refractivity contribution in [2.45, 2.75) is 31.3 Å². The van der Waals surface area contributed by atoms with E-state index in [0.717, 1.165) is 23.3 Å². The zero-order valence-corrected chi connectivity index (χ0v) is 10.7. The first-order chi connectivity index (χ1) is 8.64. The van der Waals surface area contributed by atoms with Crippen LogP contribution in [0.25, 0.3) is 0 Å². The second kappa shape index (κ2) is 4.98. The summed E-state index contributed by atoms with van der Waals surface area (Å²) in [5.41, 5.74) is 1.05. The van der Waals surface area contributed by atoms with Crippen LogP contribution in [0.2, 0.25) is 0 Å². The molecule has 1 aromatic rings. The van der Waals surface area contributed by atoms with E-state index in [1.807, 2.05) is 18.2 Å². The largest absolute Gasteiger partial charge is 0.496 e. The monoisotopic (exact) mass is 250 g/mol. The number of methoxy groups -OCH3 is 2.